The van der Waals surface area contributed by atoms with Gasteiger partial charge in [-0.1, -0.05) is 43.2 Å². The smallest absolute Gasteiger partial charge is 0.306 e. The molecule has 2 saturated carbocycles. The van der Waals surface area contributed by atoms with Crippen LogP contribution in [0.1, 0.15) is 81.2 Å². The molecule has 34 heavy (non-hydrogen) atoms. The van der Waals surface area contributed by atoms with Crippen molar-refractivity contribution in [2.45, 2.75) is 77.2 Å². The van der Waals surface area contributed by atoms with E-state index in [9.17, 15) is 9.90 Å². The molecule has 1 aromatic carbocycles. The number of carboxylic acids is 1. The predicted molar refractivity (Wildman–Crippen MR) is 135 cm³/mol. The van der Waals surface area contributed by atoms with Crippen LogP contribution in [-0.2, 0) is 17.8 Å². The highest BCUT2D eigenvalue weighted by atomic mass is 16.4. The molecule has 2 aliphatic carbocycles. The highest BCUT2D eigenvalue weighted by Gasteiger charge is 2.39. The quantitative estimate of drug-likeness (QED) is 0.499. The van der Waals surface area contributed by atoms with E-state index in [4.69, 9.17) is 5.10 Å². The van der Waals surface area contributed by atoms with Crippen molar-refractivity contribution in [2.75, 3.05) is 19.6 Å². The Bertz CT molecular complexity index is 944. The molecule has 2 heterocycles. The Kier molecular flexibility index (Phi) is 7.38. The molecule has 5 nitrogen and oxygen atoms in total. The van der Waals surface area contributed by atoms with Gasteiger partial charge >= 0.3 is 5.97 Å². The van der Waals surface area contributed by atoms with E-state index < -0.39 is 5.97 Å². The number of rotatable bonds is 10. The Hall–Kier alpha value is -2.14. The van der Waals surface area contributed by atoms with Crippen molar-refractivity contribution < 1.29 is 9.90 Å². The van der Waals surface area contributed by atoms with Crippen LogP contribution in [0.15, 0.2) is 36.4 Å². The third-order valence-corrected chi connectivity index (χ3v) is 8.66. The fourth-order valence-electron chi connectivity index (χ4n) is 6.59. The molecule has 5 heteroatoms. The van der Waals surface area contributed by atoms with E-state index in [0.717, 1.165) is 51.9 Å². The minimum absolute atomic E-state index is 0.0948. The monoisotopic (exact) mass is 463 g/mol. The van der Waals surface area contributed by atoms with E-state index >= 15 is 0 Å². The minimum atomic E-state index is -0.544. The van der Waals surface area contributed by atoms with Crippen LogP contribution in [0.4, 0.5) is 0 Å². The summed E-state index contributed by atoms with van der Waals surface area (Å²) in [4.78, 5) is 14.5. The largest absolute Gasteiger partial charge is 0.481 e. The third-order valence-electron chi connectivity index (χ3n) is 8.66. The summed E-state index contributed by atoms with van der Waals surface area (Å²) in [5, 5.41) is 14.7. The van der Waals surface area contributed by atoms with Crippen molar-refractivity contribution in [2.24, 2.45) is 23.7 Å². The number of hydrogen-bond donors (Lipinski definition) is 1. The number of aryl methyl sites for hydroxylation is 1. The van der Waals surface area contributed by atoms with Crippen LogP contribution in [0, 0.1) is 23.7 Å². The summed E-state index contributed by atoms with van der Waals surface area (Å²) < 4.78 is 2.23. The molecule has 1 saturated heterocycles. The first-order valence-corrected chi connectivity index (χ1v) is 13.6. The van der Waals surface area contributed by atoms with Crippen LogP contribution in [0.25, 0.3) is 0 Å². The average molecular weight is 464 g/mol. The van der Waals surface area contributed by atoms with E-state index in [2.05, 4.69) is 52.9 Å². The SMILES string of the molecule is CCn1nc(Cc2ccccc2)cc1C1CCN(CC2CCC(C(CC3CC3)C(=O)O)C2)CC1. The van der Waals surface area contributed by atoms with Crippen LogP contribution >= 0.6 is 0 Å². The van der Waals surface area contributed by atoms with Gasteiger partial charge in [-0.15, -0.1) is 0 Å². The zero-order valence-corrected chi connectivity index (χ0v) is 20.7. The fourth-order valence-corrected chi connectivity index (χ4v) is 6.59. The van der Waals surface area contributed by atoms with Gasteiger partial charge in [0.2, 0.25) is 0 Å². The number of hydrogen-bond acceptors (Lipinski definition) is 3. The Morgan fingerprint density at radius 3 is 2.47 bits per heavy atom. The molecular formula is C29H41N3O2. The standard InChI is InChI=1S/C29H41N3O2/c1-2-32-28(19-26(30-32)17-21-6-4-3-5-7-21)24-12-14-31(15-13-24)20-23-10-11-25(16-23)27(29(33)34)18-22-8-9-22/h3-7,19,22-25,27H,2,8-18,20H2,1H3,(H,33,34). The average Bonchev–Trinajstić information content (AvgIpc) is 3.41. The molecule has 0 amide bonds. The molecule has 1 aromatic heterocycles. The van der Waals surface area contributed by atoms with Crippen LogP contribution in [-0.4, -0.2) is 45.4 Å². The van der Waals surface area contributed by atoms with Crippen molar-refractivity contribution in [3.8, 4) is 0 Å². The Balaban J connectivity index is 1.12. The molecule has 2 aromatic rings. The van der Waals surface area contributed by atoms with Crippen LogP contribution < -0.4 is 0 Å². The second kappa shape index (κ2) is 10.6. The molecule has 184 valence electrons. The summed E-state index contributed by atoms with van der Waals surface area (Å²) in [6.07, 6.45) is 10.2. The van der Waals surface area contributed by atoms with Gasteiger partial charge in [0, 0.05) is 31.1 Å². The number of piperidine rings is 1. The van der Waals surface area contributed by atoms with Crippen LogP contribution in [0.2, 0.25) is 0 Å². The Labute approximate surface area is 204 Å². The molecule has 3 fully saturated rings. The summed E-state index contributed by atoms with van der Waals surface area (Å²) in [7, 11) is 0. The van der Waals surface area contributed by atoms with E-state index in [-0.39, 0.29) is 5.92 Å². The molecule has 5 rings (SSSR count). The zero-order valence-electron chi connectivity index (χ0n) is 20.7. The van der Waals surface area contributed by atoms with E-state index in [1.54, 1.807) is 0 Å². The Morgan fingerprint density at radius 2 is 1.79 bits per heavy atom. The van der Waals surface area contributed by atoms with E-state index in [0.29, 0.717) is 23.7 Å². The van der Waals surface area contributed by atoms with Gasteiger partial charge in [0.25, 0.3) is 0 Å². The number of likely N-dealkylation sites (tertiary alicyclic amines) is 1. The van der Waals surface area contributed by atoms with Gasteiger partial charge in [0.1, 0.15) is 0 Å². The first-order chi connectivity index (χ1) is 16.6. The number of nitrogens with zero attached hydrogens (tertiary/aromatic N) is 3. The molecule has 3 atom stereocenters. The molecular weight excluding hydrogens is 422 g/mol. The highest BCUT2D eigenvalue weighted by molar-refractivity contribution is 5.70. The molecule has 3 aliphatic rings. The molecule has 1 aliphatic heterocycles. The lowest BCUT2D eigenvalue weighted by Gasteiger charge is -2.33. The maximum atomic E-state index is 11.9. The predicted octanol–water partition coefficient (Wildman–Crippen LogP) is 5.59. The van der Waals surface area contributed by atoms with Crippen LogP contribution in [0.5, 0.6) is 0 Å². The van der Waals surface area contributed by atoms with Crippen molar-refractivity contribution >= 4 is 5.97 Å². The Morgan fingerprint density at radius 1 is 1.06 bits per heavy atom. The van der Waals surface area contributed by atoms with E-state index in [1.165, 1.54) is 49.1 Å². The van der Waals surface area contributed by atoms with Gasteiger partial charge in [-0.25, -0.2) is 0 Å². The lowest BCUT2D eigenvalue weighted by atomic mass is 9.85. The normalized spacial score (nSPS) is 25.0. The lowest BCUT2D eigenvalue weighted by molar-refractivity contribution is -0.144. The van der Waals surface area contributed by atoms with Gasteiger partial charge < -0.3 is 10.0 Å². The summed E-state index contributed by atoms with van der Waals surface area (Å²) in [6, 6.07) is 13.0. The molecule has 3 unspecified atom stereocenters. The zero-order chi connectivity index (χ0) is 23.5. The summed E-state index contributed by atoms with van der Waals surface area (Å²) in [5.41, 5.74) is 3.92. The first kappa shape index (κ1) is 23.6. The van der Waals surface area contributed by atoms with Gasteiger partial charge in [0.05, 0.1) is 11.6 Å². The number of benzene rings is 1. The van der Waals surface area contributed by atoms with Crippen molar-refractivity contribution in [3.05, 3.63) is 53.3 Å². The molecule has 1 N–H and O–H groups in total. The maximum Gasteiger partial charge on any atom is 0.306 e. The fraction of sp³-hybridized carbons (Fsp3) is 0.655. The molecule has 0 spiro atoms. The summed E-state index contributed by atoms with van der Waals surface area (Å²) in [6.45, 7) is 6.59. The van der Waals surface area contributed by atoms with Gasteiger partial charge in [-0.05, 0) is 87.9 Å². The number of aliphatic carboxylic acids is 1. The number of carboxylic acid groups (broad SMARTS) is 1. The maximum absolute atomic E-state index is 11.9. The summed E-state index contributed by atoms with van der Waals surface area (Å²) >= 11 is 0. The van der Waals surface area contributed by atoms with Gasteiger partial charge in [-0.2, -0.15) is 5.10 Å². The lowest BCUT2D eigenvalue weighted by Crippen LogP contribution is -2.36. The van der Waals surface area contributed by atoms with Crippen LogP contribution in [0.3, 0.4) is 0 Å². The second-order valence-electron chi connectivity index (χ2n) is 11.2. The van der Waals surface area contributed by atoms with Crippen molar-refractivity contribution in [3.63, 3.8) is 0 Å². The second-order valence-corrected chi connectivity index (χ2v) is 11.2. The first-order valence-electron chi connectivity index (χ1n) is 13.6. The third kappa shape index (κ3) is 5.73. The van der Waals surface area contributed by atoms with Gasteiger partial charge in [-0.3, -0.25) is 9.48 Å². The van der Waals surface area contributed by atoms with E-state index in [1.807, 2.05) is 0 Å². The molecule has 0 bridgehead atoms. The minimum Gasteiger partial charge on any atom is -0.481 e. The number of carbonyl (C=O) groups is 1. The van der Waals surface area contributed by atoms with Gasteiger partial charge in [0.15, 0.2) is 0 Å². The van der Waals surface area contributed by atoms with Crippen molar-refractivity contribution in [1.29, 1.82) is 0 Å². The van der Waals surface area contributed by atoms with Crippen molar-refractivity contribution in [1.82, 2.24) is 14.7 Å². The topological polar surface area (TPSA) is 58.4 Å². The highest BCUT2D eigenvalue weighted by Crippen LogP contribution is 2.44. The molecule has 0 radical (unpaired) electrons. The summed E-state index contributed by atoms with van der Waals surface area (Å²) in [5.74, 6) is 1.74. The number of aromatic nitrogens is 2.